The van der Waals surface area contributed by atoms with Crippen LogP contribution in [0, 0.1) is 0 Å². The van der Waals surface area contributed by atoms with Crippen molar-refractivity contribution in [1.82, 2.24) is 20.0 Å². The summed E-state index contributed by atoms with van der Waals surface area (Å²) >= 11 is 3.42. The van der Waals surface area contributed by atoms with E-state index in [0.29, 0.717) is 0 Å². The monoisotopic (exact) mass is 267 g/mol. The summed E-state index contributed by atoms with van der Waals surface area (Å²) < 4.78 is 2.64. The van der Waals surface area contributed by atoms with Crippen molar-refractivity contribution in [3.8, 4) is 0 Å². The van der Waals surface area contributed by atoms with Crippen molar-refractivity contribution in [1.29, 1.82) is 0 Å². The Labute approximate surface area is 95.4 Å². The van der Waals surface area contributed by atoms with Crippen LogP contribution in [0.25, 0.3) is 0 Å². The molecule has 0 saturated carbocycles. The van der Waals surface area contributed by atoms with Gasteiger partial charge < -0.3 is 5.73 Å². The molecule has 1 unspecified atom stereocenters. The summed E-state index contributed by atoms with van der Waals surface area (Å²) in [5.41, 5.74) is 7.93. The Bertz CT molecular complexity index is 433. The van der Waals surface area contributed by atoms with Crippen LogP contribution >= 0.6 is 15.9 Å². The lowest BCUT2D eigenvalue weighted by Crippen LogP contribution is -2.16. The first-order valence-corrected chi connectivity index (χ1v) is 5.19. The summed E-state index contributed by atoms with van der Waals surface area (Å²) in [5, 5.41) is 11.6. The molecule has 0 aliphatic heterocycles. The Morgan fingerprint density at radius 2 is 2.20 bits per heavy atom. The highest BCUT2D eigenvalue weighted by atomic mass is 79.9. The highest BCUT2D eigenvalue weighted by molar-refractivity contribution is 9.10. The first kappa shape index (κ1) is 10.3. The fraction of sp³-hybridized carbons (Fsp3) is 0.222. The summed E-state index contributed by atoms with van der Waals surface area (Å²) in [4.78, 5) is 0. The first-order chi connectivity index (χ1) is 7.20. The second kappa shape index (κ2) is 4.08. The standard InChI is InChI=1S/C9H10BrN5/c1-15-9(7(10)5-14-15)8(11)6-2-3-12-13-4-6/h2-5,8H,11H2,1H3. The van der Waals surface area contributed by atoms with E-state index in [2.05, 4.69) is 31.2 Å². The minimum Gasteiger partial charge on any atom is -0.319 e. The number of hydrogen-bond acceptors (Lipinski definition) is 4. The predicted molar refractivity (Wildman–Crippen MR) is 59.0 cm³/mol. The van der Waals surface area contributed by atoms with Gasteiger partial charge in [0, 0.05) is 13.2 Å². The SMILES string of the molecule is Cn1ncc(Br)c1C(N)c1ccnnc1. The van der Waals surface area contributed by atoms with Crippen LogP contribution in [-0.2, 0) is 7.05 Å². The van der Waals surface area contributed by atoms with Crippen LogP contribution in [0.2, 0.25) is 0 Å². The second-order valence-corrected chi connectivity index (χ2v) is 4.01. The Morgan fingerprint density at radius 1 is 1.40 bits per heavy atom. The molecule has 2 aromatic rings. The van der Waals surface area contributed by atoms with Gasteiger partial charge >= 0.3 is 0 Å². The molecule has 0 aliphatic rings. The molecule has 0 spiro atoms. The van der Waals surface area contributed by atoms with Crippen LogP contribution in [0.5, 0.6) is 0 Å². The van der Waals surface area contributed by atoms with E-state index in [1.807, 2.05) is 13.1 Å². The molecule has 78 valence electrons. The maximum absolute atomic E-state index is 6.10. The van der Waals surface area contributed by atoms with Gasteiger partial charge in [0.2, 0.25) is 0 Å². The molecule has 2 aromatic heterocycles. The first-order valence-electron chi connectivity index (χ1n) is 4.39. The number of aryl methyl sites for hydroxylation is 1. The third kappa shape index (κ3) is 1.91. The van der Waals surface area contributed by atoms with E-state index in [4.69, 9.17) is 5.73 Å². The minimum atomic E-state index is -0.248. The molecule has 0 saturated heterocycles. The van der Waals surface area contributed by atoms with Crippen molar-refractivity contribution >= 4 is 15.9 Å². The zero-order chi connectivity index (χ0) is 10.8. The highest BCUT2D eigenvalue weighted by Gasteiger charge is 2.16. The third-order valence-corrected chi connectivity index (χ3v) is 2.81. The average Bonchev–Trinajstić information content (AvgIpc) is 2.59. The molecule has 0 fully saturated rings. The topological polar surface area (TPSA) is 69.6 Å². The van der Waals surface area contributed by atoms with Crippen LogP contribution in [0.4, 0.5) is 0 Å². The van der Waals surface area contributed by atoms with Gasteiger partial charge in [-0.05, 0) is 27.6 Å². The van der Waals surface area contributed by atoms with Crippen molar-refractivity contribution in [3.05, 3.63) is 40.4 Å². The molecule has 15 heavy (non-hydrogen) atoms. The Balaban J connectivity index is 2.41. The normalized spacial score (nSPS) is 12.7. The summed E-state index contributed by atoms with van der Waals surface area (Å²) in [5.74, 6) is 0. The highest BCUT2D eigenvalue weighted by Crippen LogP contribution is 2.25. The summed E-state index contributed by atoms with van der Waals surface area (Å²) in [6.45, 7) is 0. The molecule has 0 aliphatic carbocycles. The van der Waals surface area contributed by atoms with Crippen molar-refractivity contribution in [2.75, 3.05) is 0 Å². The fourth-order valence-corrected chi connectivity index (χ4v) is 2.01. The van der Waals surface area contributed by atoms with Gasteiger partial charge in [0.05, 0.1) is 28.6 Å². The lowest BCUT2D eigenvalue weighted by molar-refractivity contribution is 0.668. The molecule has 0 bridgehead atoms. The molecule has 2 rings (SSSR count). The number of halogens is 1. The van der Waals surface area contributed by atoms with E-state index in [1.54, 1.807) is 23.3 Å². The maximum Gasteiger partial charge on any atom is 0.0750 e. The maximum atomic E-state index is 6.10. The lowest BCUT2D eigenvalue weighted by Gasteiger charge is -2.12. The van der Waals surface area contributed by atoms with Gasteiger partial charge in [-0.3, -0.25) is 4.68 Å². The second-order valence-electron chi connectivity index (χ2n) is 3.15. The molecule has 0 amide bonds. The van der Waals surface area contributed by atoms with E-state index in [0.717, 1.165) is 15.7 Å². The summed E-state index contributed by atoms with van der Waals surface area (Å²) in [6, 6.07) is 1.60. The number of hydrogen-bond donors (Lipinski definition) is 1. The molecule has 0 radical (unpaired) electrons. The quantitative estimate of drug-likeness (QED) is 0.882. The third-order valence-electron chi connectivity index (χ3n) is 2.20. The summed E-state index contributed by atoms with van der Waals surface area (Å²) in [6.07, 6.45) is 5.01. The van der Waals surface area contributed by atoms with Crippen molar-refractivity contribution in [2.24, 2.45) is 12.8 Å². The fourth-order valence-electron chi connectivity index (χ4n) is 1.41. The Hall–Kier alpha value is -1.27. The van der Waals surface area contributed by atoms with E-state index in [1.165, 1.54) is 0 Å². The molecule has 1 atom stereocenters. The van der Waals surface area contributed by atoms with Crippen LogP contribution in [0.1, 0.15) is 17.3 Å². The molecule has 2 N–H and O–H groups in total. The van der Waals surface area contributed by atoms with Crippen LogP contribution in [0.15, 0.2) is 29.1 Å². The van der Waals surface area contributed by atoms with Crippen LogP contribution in [0.3, 0.4) is 0 Å². The summed E-state index contributed by atoms with van der Waals surface area (Å²) in [7, 11) is 1.86. The van der Waals surface area contributed by atoms with Gasteiger partial charge in [-0.25, -0.2) is 0 Å². The van der Waals surface area contributed by atoms with Gasteiger partial charge in [0.1, 0.15) is 0 Å². The largest absolute Gasteiger partial charge is 0.319 e. The predicted octanol–water partition coefficient (Wildman–Crippen LogP) is 1.02. The van der Waals surface area contributed by atoms with Gasteiger partial charge in [0.15, 0.2) is 0 Å². The zero-order valence-electron chi connectivity index (χ0n) is 8.13. The van der Waals surface area contributed by atoms with E-state index < -0.39 is 0 Å². The molecule has 6 heteroatoms. The number of nitrogens with two attached hydrogens (primary N) is 1. The van der Waals surface area contributed by atoms with E-state index in [9.17, 15) is 0 Å². The van der Waals surface area contributed by atoms with Gasteiger partial charge in [-0.1, -0.05) is 0 Å². The molecule has 5 nitrogen and oxygen atoms in total. The van der Waals surface area contributed by atoms with Crippen molar-refractivity contribution in [2.45, 2.75) is 6.04 Å². The van der Waals surface area contributed by atoms with Gasteiger partial charge in [-0.2, -0.15) is 15.3 Å². The molecular weight excluding hydrogens is 258 g/mol. The molecule has 2 heterocycles. The van der Waals surface area contributed by atoms with Crippen LogP contribution in [-0.4, -0.2) is 20.0 Å². The Morgan fingerprint density at radius 3 is 2.73 bits per heavy atom. The number of nitrogens with zero attached hydrogens (tertiary/aromatic N) is 4. The minimum absolute atomic E-state index is 0.248. The van der Waals surface area contributed by atoms with E-state index >= 15 is 0 Å². The smallest absolute Gasteiger partial charge is 0.0750 e. The zero-order valence-corrected chi connectivity index (χ0v) is 9.72. The molecular formula is C9H10BrN5. The van der Waals surface area contributed by atoms with E-state index in [-0.39, 0.29) is 6.04 Å². The van der Waals surface area contributed by atoms with Crippen molar-refractivity contribution < 1.29 is 0 Å². The van der Waals surface area contributed by atoms with Gasteiger partial charge in [0.25, 0.3) is 0 Å². The Kier molecular flexibility index (Phi) is 2.79. The van der Waals surface area contributed by atoms with Crippen LogP contribution < -0.4 is 5.73 Å². The van der Waals surface area contributed by atoms with Crippen molar-refractivity contribution in [3.63, 3.8) is 0 Å². The number of rotatable bonds is 2. The lowest BCUT2D eigenvalue weighted by atomic mass is 10.1. The average molecular weight is 268 g/mol. The number of aromatic nitrogens is 4. The van der Waals surface area contributed by atoms with Gasteiger partial charge in [-0.15, -0.1) is 0 Å². The molecule has 0 aromatic carbocycles.